The smallest absolute Gasteiger partial charge is 0.102 e. The van der Waals surface area contributed by atoms with Crippen LogP contribution in [0.15, 0.2) is 30.3 Å². The Morgan fingerprint density at radius 2 is 2.23 bits per heavy atom. The maximum atomic E-state index is 5.55. The van der Waals surface area contributed by atoms with E-state index in [1.165, 1.54) is 5.56 Å². The Morgan fingerprint density at radius 1 is 1.38 bits per heavy atom. The molecule has 1 atom stereocenters. The van der Waals surface area contributed by atoms with Gasteiger partial charge in [0.15, 0.2) is 0 Å². The summed E-state index contributed by atoms with van der Waals surface area (Å²) in [5.74, 6) is 0.534. The minimum Gasteiger partial charge on any atom is -0.368 e. The van der Waals surface area contributed by atoms with E-state index in [0.29, 0.717) is 12.5 Å². The van der Waals surface area contributed by atoms with E-state index in [0.717, 1.165) is 5.56 Å². The van der Waals surface area contributed by atoms with Crippen LogP contribution in [0.1, 0.15) is 17.2 Å². The molecule has 1 nitrogen and oxygen atoms in total. The highest BCUT2D eigenvalue weighted by Gasteiger charge is 2.16. The van der Waals surface area contributed by atoms with Crippen LogP contribution in [0, 0.1) is 6.08 Å². The molecule has 1 aliphatic carbocycles. The lowest BCUT2D eigenvalue weighted by Gasteiger charge is -2.10. The largest absolute Gasteiger partial charge is 0.368 e. The zero-order chi connectivity index (χ0) is 9.10. The molecular formula is C11H10ClO. The second kappa shape index (κ2) is 3.95. The number of hydrogen-bond acceptors (Lipinski definition) is 1. The molecule has 1 aliphatic rings. The fourth-order valence-electron chi connectivity index (χ4n) is 1.44. The molecule has 1 radical (unpaired) electrons. The number of hydrogen-bond donors (Lipinski definition) is 0. The molecule has 0 bridgehead atoms. The molecule has 2 rings (SSSR count). The number of fused-ring (bicyclic) bond motifs is 1. The Morgan fingerprint density at radius 3 is 3.08 bits per heavy atom. The Kier molecular flexibility index (Phi) is 2.67. The average Bonchev–Trinajstić information content (AvgIpc) is 2.58. The molecule has 0 fully saturated rings. The zero-order valence-electron chi connectivity index (χ0n) is 7.16. The van der Waals surface area contributed by atoms with Gasteiger partial charge in [0.25, 0.3) is 0 Å². The molecule has 13 heavy (non-hydrogen) atoms. The summed E-state index contributed by atoms with van der Waals surface area (Å²) in [6.45, 7) is 0.582. The third-order valence-corrected chi connectivity index (χ3v) is 2.19. The van der Waals surface area contributed by atoms with Crippen LogP contribution in [-0.2, 0) is 4.74 Å². The number of benzene rings is 1. The topological polar surface area (TPSA) is 9.23 Å². The minimum atomic E-state index is 0.0509. The highest BCUT2D eigenvalue weighted by molar-refractivity contribution is 6.17. The lowest BCUT2D eigenvalue weighted by atomic mass is 10.1. The summed E-state index contributed by atoms with van der Waals surface area (Å²) in [6.07, 6.45) is 5.16. The SMILES string of the molecule is ClCCOC1C=[C]c2ccccc21. The lowest BCUT2D eigenvalue weighted by Crippen LogP contribution is -2.01. The number of ether oxygens (including phenoxy) is 1. The highest BCUT2D eigenvalue weighted by atomic mass is 35.5. The normalized spacial score (nSPS) is 19.0. The molecule has 0 aliphatic heterocycles. The predicted octanol–water partition coefficient (Wildman–Crippen LogP) is 2.70. The third-order valence-electron chi connectivity index (χ3n) is 2.03. The van der Waals surface area contributed by atoms with Gasteiger partial charge in [0.2, 0.25) is 0 Å². The van der Waals surface area contributed by atoms with Crippen LogP contribution >= 0.6 is 11.6 Å². The third kappa shape index (κ3) is 1.77. The van der Waals surface area contributed by atoms with Crippen molar-refractivity contribution in [2.45, 2.75) is 6.10 Å². The van der Waals surface area contributed by atoms with Crippen molar-refractivity contribution in [3.8, 4) is 0 Å². The van der Waals surface area contributed by atoms with Crippen molar-refractivity contribution in [1.82, 2.24) is 0 Å². The van der Waals surface area contributed by atoms with Crippen molar-refractivity contribution in [3.05, 3.63) is 47.5 Å². The fraction of sp³-hybridized carbons (Fsp3) is 0.273. The van der Waals surface area contributed by atoms with Crippen LogP contribution in [0.25, 0.3) is 0 Å². The zero-order valence-corrected chi connectivity index (χ0v) is 7.92. The Bertz CT molecular complexity index is 320. The van der Waals surface area contributed by atoms with Crippen molar-refractivity contribution in [2.24, 2.45) is 0 Å². The first-order valence-corrected chi connectivity index (χ1v) is 4.81. The van der Waals surface area contributed by atoms with Gasteiger partial charge in [0.1, 0.15) is 6.10 Å². The summed E-state index contributed by atoms with van der Waals surface area (Å²) >= 11 is 5.55. The Hall–Kier alpha value is -0.790. The van der Waals surface area contributed by atoms with E-state index in [2.05, 4.69) is 12.1 Å². The van der Waals surface area contributed by atoms with E-state index in [4.69, 9.17) is 16.3 Å². The van der Waals surface area contributed by atoms with Crippen molar-refractivity contribution in [2.75, 3.05) is 12.5 Å². The second-order valence-electron chi connectivity index (χ2n) is 2.88. The molecule has 1 unspecified atom stereocenters. The molecule has 0 N–H and O–H groups in total. The molecule has 0 saturated carbocycles. The van der Waals surface area contributed by atoms with Crippen LogP contribution in [0.3, 0.4) is 0 Å². The van der Waals surface area contributed by atoms with Crippen LogP contribution < -0.4 is 0 Å². The van der Waals surface area contributed by atoms with Crippen LogP contribution in [-0.4, -0.2) is 12.5 Å². The molecule has 0 amide bonds. The van der Waals surface area contributed by atoms with Gasteiger partial charge in [-0.15, -0.1) is 11.6 Å². The van der Waals surface area contributed by atoms with Crippen molar-refractivity contribution >= 4 is 11.6 Å². The van der Waals surface area contributed by atoms with E-state index in [1.807, 2.05) is 24.3 Å². The first-order chi connectivity index (χ1) is 6.42. The first-order valence-electron chi connectivity index (χ1n) is 4.28. The molecule has 67 valence electrons. The fourth-order valence-corrected chi connectivity index (χ4v) is 1.53. The van der Waals surface area contributed by atoms with Gasteiger partial charge in [-0.25, -0.2) is 0 Å². The molecule has 0 aromatic heterocycles. The van der Waals surface area contributed by atoms with Crippen molar-refractivity contribution in [3.63, 3.8) is 0 Å². The Labute approximate surface area is 83.0 Å². The van der Waals surface area contributed by atoms with Gasteiger partial charge >= 0.3 is 0 Å². The molecule has 0 heterocycles. The van der Waals surface area contributed by atoms with E-state index >= 15 is 0 Å². The molecule has 1 aromatic rings. The van der Waals surface area contributed by atoms with Gasteiger partial charge in [-0.3, -0.25) is 0 Å². The van der Waals surface area contributed by atoms with Crippen LogP contribution in [0.2, 0.25) is 0 Å². The van der Waals surface area contributed by atoms with Gasteiger partial charge in [-0.1, -0.05) is 24.3 Å². The predicted molar refractivity (Wildman–Crippen MR) is 52.8 cm³/mol. The summed E-state index contributed by atoms with van der Waals surface area (Å²) < 4.78 is 5.53. The highest BCUT2D eigenvalue weighted by Crippen LogP contribution is 2.28. The van der Waals surface area contributed by atoms with Crippen LogP contribution in [0.5, 0.6) is 0 Å². The summed E-state index contributed by atoms with van der Waals surface area (Å²) in [6, 6.07) is 8.11. The summed E-state index contributed by atoms with van der Waals surface area (Å²) in [5, 5.41) is 0. The molecule has 1 aromatic carbocycles. The molecule has 0 spiro atoms. The second-order valence-corrected chi connectivity index (χ2v) is 3.26. The monoisotopic (exact) mass is 193 g/mol. The number of halogens is 1. The van der Waals surface area contributed by atoms with Gasteiger partial charge < -0.3 is 4.74 Å². The van der Waals surface area contributed by atoms with Crippen molar-refractivity contribution < 1.29 is 4.74 Å². The lowest BCUT2D eigenvalue weighted by molar-refractivity contribution is 0.100. The van der Waals surface area contributed by atoms with E-state index in [1.54, 1.807) is 0 Å². The summed E-state index contributed by atoms with van der Waals surface area (Å²) in [5.41, 5.74) is 2.31. The van der Waals surface area contributed by atoms with E-state index < -0.39 is 0 Å². The maximum Gasteiger partial charge on any atom is 0.102 e. The van der Waals surface area contributed by atoms with E-state index in [-0.39, 0.29) is 6.10 Å². The molecule has 0 saturated heterocycles. The molecular weight excluding hydrogens is 184 g/mol. The maximum absolute atomic E-state index is 5.55. The van der Waals surface area contributed by atoms with E-state index in [9.17, 15) is 0 Å². The van der Waals surface area contributed by atoms with Crippen LogP contribution in [0.4, 0.5) is 0 Å². The first kappa shape index (κ1) is 8.79. The van der Waals surface area contributed by atoms with Gasteiger partial charge in [0, 0.05) is 5.88 Å². The number of alkyl halides is 1. The summed E-state index contributed by atoms with van der Waals surface area (Å²) in [4.78, 5) is 0. The Balaban J connectivity index is 2.14. The number of rotatable bonds is 3. The quantitative estimate of drug-likeness (QED) is 0.671. The summed E-state index contributed by atoms with van der Waals surface area (Å²) in [7, 11) is 0. The van der Waals surface area contributed by atoms with Gasteiger partial charge in [-0.05, 0) is 23.3 Å². The molecule has 2 heteroatoms. The average molecular weight is 194 g/mol. The van der Waals surface area contributed by atoms with Gasteiger partial charge in [-0.2, -0.15) is 0 Å². The van der Waals surface area contributed by atoms with Crippen molar-refractivity contribution in [1.29, 1.82) is 0 Å². The minimum absolute atomic E-state index is 0.0509. The van der Waals surface area contributed by atoms with Gasteiger partial charge in [0.05, 0.1) is 6.61 Å². The standard InChI is InChI=1S/C11H10ClO/c12-7-8-13-11-6-5-9-3-1-2-4-10(9)11/h1-4,6,11H,7-8H2.